The van der Waals surface area contributed by atoms with E-state index in [0.717, 1.165) is 57.4 Å². The molecule has 3 fully saturated rings. The molecule has 3 aliphatic rings. The van der Waals surface area contributed by atoms with Crippen LogP contribution in [-0.4, -0.2) is 66.5 Å². The van der Waals surface area contributed by atoms with Gasteiger partial charge in [0.05, 0.1) is 0 Å². The molecule has 28 heavy (non-hydrogen) atoms. The molecule has 3 amide bonds. The second-order valence-electron chi connectivity index (χ2n) is 8.44. The molecule has 0 radical (unpaired) electrons. The first kappa shape index (κ1) is 19.3. The number of carbonyl (C=O) groups is 2. The maximum absolute atomic E-state index is 13.7. The van der Waals surface area contributed by atoms with Gasteiger partial charge in [0.25, 0.3) is 5.91 Å². The zero-order chi connectivity index (χ0) is 19.7. The standard InChI is InChI=1S/C21H29FN4O2/c1-25-12-8-18(9-13-25)26-19(27)21(24-20(26)28,16-6-10-23-11-7-16)14-15-2-4-17(22)5-3-15/h2-5,16,18,23H,6-14H2,1H3,(H,24,28)/t21-/m1/s1. The van der Waals surface area contributed by atoms with Gasteiger partial charge in [-0.3, -0.25) is 9.69 Å². The monoisotopic (exact) mass is 388 g/mol. The van der Waals surface area contributed by atoms with Crippen LogP contribution in [0.15, 0.2) is 24.3 Å². The number of urea groups is 1. The van der Waals surface area contributed by atoms with E-state index in [0.29, 0.717) is 6.42 Å². The summed E-state index contributed by atoms with van der Waals surface area (Å²) in [7, 11) is 2.07. The summed E-state index contributed by atoms with van der Waals surface area (Å²) < 4.78 is 13.4. The van der Waals surface area contributed by atoms with Crippen molar-refractivity contribution in [2.24, 2.45) is 5.92 Å². The number of amides is 3. The lowest BCUT2D eigenvalue weighted by Gasteiger charge is -2.39. The summed E-state index contributed by atoms with van der Waals surface area (Å²) in [5.41, 5.74) is -0.0563. The molecule has 2 N–H and O–H groups in total. The molecule has 3 saturated heterocycles. The minimum atomic E-state index is -0.930. The highest BCUT2D eigenvalue weighted by molar-refractivity contribution is 6.07. The molecule has 6 nitrogen and oxygen atoms in total. The van der Waals surface area contributed by atoms with Gasteiger partial charge in [-0.2, -0.15) is 0 Å². The first-order valence-corrected chi connectivity index (χ1v) is 10.3. The van der Waals surface area contributed by atoms with Crippen LogP contribution in [-0.2, 0) is 11.2 Å². The van der Waals surface area contributed by atoms with Crippen LogP contribution in [0.3, 0.4) is 0 Å². The number of benzene rings is 1. The van der Waals surface area contributed by atoms with Crippen LogP contribution in [0.5, 0.6) is 0 Å². The van der Waals surface area contributed by atoms with Crippen LogP contribution in [0.2, 0.25) is 0 Å². The van der Waals surface area contributed by atoms with Crippen LogP contribution in [0.4, 0.5) is 9.18 Å². The van der Waals surface area contributed by atoms with Gasteiger partial charge in [-0.25, -0.2) is 9.18 Å². The quantitative estimate of drug-likeness (QED) is 0.772. The Labute approximate surface area is 165 Å². The van der Waals surface area contributed by atoms with Gasteiger partial charge in [-0.15, -0.1) is 0 Å². The molecule has 152 valence electrons. The molecule has 0 aromatic heterocycles. The Morgan fingerprint density at radius 3 is 2.36 bits per heavy atom. The minimum absolute atomic E-state index is 0.0412. The average Bonchev–Trinajstić information content (AvgIpc) is 2.96. The summed E-state index contributed by atoms with van der Waals surface area (Å²) >= 11 is 0. The van der Waals surface area contributed by atoms with Gasteiger partial charge >= 0.3 is 6.03 Å². The molecule has 0 spiro atoms. The van der Waals surface area contributed by atoms with E-state index in [-0.39, 0.29) is 29.7 Å². The van der Waals surface area contributed by atoms with Gasteiger partial charge in [0.2, 0.25) is 0 Å². The molecule has 7 heteroatoms. The first-order chi connectivity index (χ1) is 13.5. The lowest BCUT2D eigenvalue weighted by Crippen LogP contribution is -2.58. The van der Waals surface area contributed by atoms with E-state index >= 15 is 0 Å². The number of hydrogen-bond acceptors (Lipinski definition) is 4. The smallest absolute Gasteiger partial charge is 0.322 e. The number of nitrogens with zero attached hydrogens (tertiary/aromatic N) is 2. The number of nitrogens with one attached hydrogen (secondary N) is 2. The van der Waals surface area contributed by atoms with Crippen molar-refractivity contribution in [1.82, 2.24) is 20.4 Å². The largest absolute Gasteiger partial charge is 0.325 e. The summed E-state index contributed by atoms with van der Waals surface area (Å²) in [6.07, 6.45) is 3.72. The number of likely N-dealkylation sites (tertiary alicyclic amines) is 1. The van der Waals surface area contributed by atoms with Gasteiger partial charge in [0.15, 0.2) is 0 Å². The van der Waals surface area contributed by atoms with Crippen molar-refractivity contribution in [3.8, 4) is 0 Å². The number of carbonyl (C=O) groups excluding carboxylic acids is 2. The molecule has 0 bridgehead atoms. The first-order valence-electron chi connectivity index (χ1n) is 10.3. The molecule has 3 aliphatic heterocycles. The third-order valence-corrected chi connectivity index (χ3v) is 6.63. The highest BCUT2D eigenvalue weighted by Crippen LogP contribution is 2.37. The number of piperidine rings is 2. The molecular weight excluding hydrogens is 359 g/mol. The van der Waals surface area contributed by atoms with Crippen LogP contribution >= 0.6 is 0 Å². The van der Waals surface area contributed by atoms with E-state index in [2.05, 4.69) is 22.6 Å². The predicted molar refractivity (Wildman–Crippen MR) is 104 cm³/mol. The maximum Gasteiger partial charge on any atom is 0.325 e. The molecular formula is C21H29FN4O2. The van der Waals surface area contributed by atoms with Crippen LogP contribution in [0.1, 0.15) is 31.2 Å². The molecule has 1 atom stereocenters. The predicted octanol–water partition coefficient (Wildman–Crippen LogP) is 1.75. The van der Waals surface area contributed by atoms with Gasteiger partial charge in [-0.1, -0.05) is 12.1 Å². The molecule has 4 rings (SSSR count). The highest BCUT2D eigenvalue weighted by atomic mass is 19.1. The fourth-order valence-corrected chi connectivity index (χ4v) is 4.98. The van der Waals surface area contributed by atoms with E-state index in [9.17, 15) is 14.0 Å². The second-order valence-corrected chi connectivity index (χ2v) is 8.44. The van der Waals surface area contributed by atoms with Gasteiger partial charge in [0.1, 0.15) is 11.4 Å². The minimum Gasteiger partial charge on any atom is -0.322 e. The molecule has 3 heterocycles. The Morgan fingerprint density at radius 2 is 1.71 bits per heavy atom. The fraction of sp³-hybridized carbons (Fsp3) is 0.619. The Kier molecular flexibility index (Phi) is 5.38. The summed E-state index contributed by atoms with van der Waals surface area (Å²) in [5, 5.41) is 6.45. The van der Waals surface area contributed by atoms with Crippen LogP contribution in [0.25, 0.3) is 0 Å². The Balaban J connectivity index is 1.64. The van der Waals surface area contributed by atoms with E-state index < -0.39 is 5.54 Å². The molecule has 0 aliphatic carbocycles. The van der Waals surface area contributed by atoms with Gasteiger partial charge in [-0.05, 0) is 82.5 Å². The third kappa shape index (κ3) is 3.53. The Hall–Kier alpha value is -1.99. The van der Waals surface area contributed by atoms with Crippen molar-refractivity contribution in [3.05, 3.63) is 35.6 Å². The summed E-state index contributed by atoms with van der Waals surface area (Å²) in [6, 6.07) is 5.97. The van der Waals surface area contributed by atoms with Crippen molar-refractivity contribution in [2.75, 3.05) is 33.2 Å². The lowest BCUT2D eigenvalue weighted by atomic mass is 9.74. The normalized spacial score (nSPS) is 28.0. The fourth-order valence-electron chi connectivity index (χ4n) is 4.98. The third-order valence-electron chi connectivity index (χ3n) is 6.63. The summed E-state index contributed by atoms with van der Waals surface area (Å²) in [6.45, 7) is 3.46. The van der Waals surface area contributed by atoms with Gasteiger partial charge < -0.3 is 15.5 Å². The lowest BCUT2D eigenvalue weighted by molar-refractivity contribution is -0.135. The number of rotatable bonds is 4. The SMILES string of the molecule is CN1CCC(N2C(=O)N[C@](Cc3ccc(F)cc3)(C3CCNCC3)C2=O)CC1. The van der Waals surface area contributed by atoms with E-state index in [1.807, 2.05) is 0 Å². The van der Waals surface area contributed by atoms with Gasteiger partial charge in [0, 0.05) is 12.5 Å². The molecule has 0 saturated carbocycles. The highest BCUT2D eigenvalue weighted by Gasteiger charge is 2.57. The van der Waals surface area contributed by atoms with Crippen molar-refractivity contribution in [1.29, 1.82) is 0 Å². The van der Waals surface area contributed by atoms with E-state index in [1.54, 1.807) is 12.1 Å². The molecule has 1 aromatic carbocycles. The van der Waals surface area contributed by atoms with E-state index in [1.165, 1.54) is 17.0 Å². The summed E-state index contributed by atoms with van der Waals surface area (Å²) in [4.78, 5) is 30.4. The molecule has 0 unspecified atom stereocenters. The number of imide groups is 1. The Morgan fingerprint density at radius 1 is 1.07 bits per heavy atom. The van der Waals surface area contributed by atoms with Crippen LogP contribution < -0.4 is 10.6 Å². The van der Waals surface area contributed by atoms with Crippen molar-refractivity contribution >= 4 is 11.9 Å². The number of hydrogen-bond donors (Lipinski definition) is 2. The molecule has 1 aromatic rings. The van der Waals surface area contributed by atoms with Crippen molar-refractivity contribution < 1.29 is 14.0 Å². The number of halogens is 1. The Bertz CT molecular complexity index is 726. The average molecular weight is 388 g/mol. The topological polar surface area (TPSA) is 64.7 Å². The van der Waals surface area contributed by atoms with E-state index in [4.69, 9.17) is 0 Å². The van der Waals surface area contributed by atoms with Crippen LogP contribution in [0, 0.1) is 11.7 Å². The maximum atomic E-state index is 13.7. The van der Waals surface area contributed by atoms with Crippen molar-refractivity contribution in [3.63, 3.8) is 0 Å². The zero-order valence-electron chi connectivity index (χ0n) is 16.4. The second kappa shape index (κ2) is 7.79. The summed E-state index contributed by atoms with van der Waals surface area (Å²) in [5.74, 6) is -0.316. The van der Waals surface area contributed by atoms with Crippen molar-refractivity contribution in [2.45, 2.75) is 43.7 Å². The zero-order valence-corrected chi connectivity index (χ0v) is 16.4.